The summed E-state index contributed by atoms with van der Waals surface area (Å²) < 4.78 is 5.29. The van der Waals surface area contributed by atoms with E-state index < -0.39 is 12.1 Å². The molecule has 1 atom stereocenters. The molecule has 3 rings (SSSR count). The summed E-state index contributed by atoms with van der Waals surface area (Å²) in [6.45, 7) is 1.65. The zero-order chi connectivity index (χ0) is 15.5. The molecule has 0 fully saturated rings. The topological polar surface area (TPSA) is 84.9 Å². The van der Waals surface area contributed by atoms with E-state index in [0.717, 1.165) is 0 Å². The number of H-pyrrole nitrogens is 1. The standard InChI is InChI=1S/C16H13N3O3/c1-10(22-16(21)13-8-4-5-9-17-13)14-18-12-7-3-2-6-11(12)15(20)19-14/h2-10H,1H3,(H,18,19,20)/t10-/m1/s1. The van der Waals surface area contributed by atoms with Crippen molar-refractivity contribution in [2.24, 2.45) is 0 Å². The summed E-state index contributed by atoms with van der Waals surface area (Å²) in [4.78, 5) is 34.9. The molecule has 1 N–H and O–H groups in total. The van der Waals surface area contributed by atoms with Crippen LogP contribution < -0.4 is 5.56 Å². The molecule has 0 amide bonds. The number of hydrogen-bond donors (Lipinski definition) is 1. The molecule has 0 bridgehead atoms. The molecule has 110 valence electrons. The van der Waals surface area contributed by atoms with Crippen molar-refractivity contribution in [2.75, 3.05) is 0 Å². The molecule has 2 aromatic heterocycles. The maximum Gasteiger partial charge on any atom is 0.357 e. The minimum absolute atomic E-state index is 0.206. The molecule has 6 heteroatoms. The predicted octanol–water partition coefficient (Wildman–Crippen LogP) is 2.24. The smallest absolute Gasteiger partial charge is 0.357 e. The van der Waals surface area contributed by atoms with Crippen LogP contribution in [0, 0.1) is 0 Å². The van der Waals surface area contributed by atoms with E-state index in [-0.39, 0.29) is 11.3 Å². The number of esters is 1. The predicted molar refractivity (Wildman–Crippen MR) is 80.4 cm³/mol. The third kappa shape index (κ3) is 2.71. The molecule has 3 aromatic rings. The monoisotopic (exact) mass is 295 g/mol. The fourth-order valence-corrected chi connectivity index (χ4v) is 2.06. The Morgan fingerprint density at radius 3 is 2.73 bits per heavy atom. The molecule has 0 radical (unpaired) electrons. The summed E-state index contributed by atoms with van der Waals surface area (Å²) in [7, 11) is 0. The van der Waals surface area contributed by atoms with E-state index >= 15 is 0 Å². The largest absolute Gasteiger partial charge is 0.450 e. The zero-order valence-electron chi connectivity index (χ0n) is 11.8. The van der Waals surface area contributed by atoms with Gasteiger partial charge in [0.1, 0.15) is 5.69 Å². The lowest BCUT2D eigenvalue weighted by molar-refractivity contribution is 0.0313. The number of aromatic amines is 1. The molecule has 0 saturated heterocycles. The Morgan fingerprint density at radius 1 is 1.18 bits per heavy atom. The highest BCUT2D eigenvalue weighted by atomic mass is 16.5. The van der Waals surface area contributed by atoms with Crippen LogP contribution in [-0.4, -0.2) is 20.9 Å². The highest BCUT2D eigenvalue weighted by Crippen LogP contribution is 2.15. The van der Waals surface area contributed by atoms with Crippen molar-refractivity contribution in [3.8, 4) is 0 Å². The average Bonchev–Trinajstić information content (AvgIpc) is 2.55. The fraction of sp³-hybridized carbons (Fsp3) is 0.125. The van der Waals surface area contributed by atoms with Crippen molar-refractivity contribution in [1.29, 1.82) is 0 Å². The minimum atomic E-state index is -0.688. The number of para-hydroxylation sites is 1. The number of rotatable bonds is 3. The lowest BCUT2D eigenvalue weighted by Crippen LogP contribution is -2.17. The van der Waals surface area contributed by atoms with Gasteiger partial charge in [-0.15, -0.1) is 0 Å². The number of hydrogen-bond acceptors (Lipinski definition) is 5. The second-order valence-electron chi connectivity index (χ2n) is 4.73. The third-order valence-electron chi connectivity index (χ3n) is 3.17. The lowest BCUT2D eigenvalue weighted by atomic mass is 10.2. The number of nitrogens with one attached hydrogen (secondary N) is 1. The maximum absolute atomic E-state index is 12.0. The van der Waals surface area contributed by atoms with Gasteiger partial charge in [0.25, 0.3) is 5.56 Å². The van der Waals surface area contributed by atoms with Crippen LogP contribution in [0.5, 0.6) is 0 Å². The summed E-state index contributed by atoms with van der Waals surface area (Å²) in [5.74, 6) is -0.267. The molecule has 0 unspecified atom stereocenters. The highest BCUT2D eigenvalue weighted by Gasteiger charge is 2.17. The summed E-state index contributed by atoms with van der Waals surface area (Å²) in [5.41, 5.74) is 0.501. The zero-order valence-corrected chi connectivity index (χ0v) is 11.8. The molecule has 6 nitrogen and oxygen atoms in total. The first-order valence-electron chi connectivity index (χ1n) is 6.76. The van der Waals surface area contributed by atoms with Crippen LogP contribution in [0.15, 0.2) is 53.5 Å². The van der Waals surface area contributed by atoms with Crippen LogP contribution in [0.3, 0.4) is 0 Å². The van der Waals surface area contributed by atoms with Crippen molar-refractivity contribution < 1.29 is 9.53 Å². The first-order chi connectivity index (χ1) is 10.6. The molecule has 22 heavy (non-hydrogen) atoms. The minimum Gasteiger partial charge on any atom is -0.450 e. The number of aromatic nitrogens is 3. The van der Waals surface area contributed by atoms with Crippen LogP contribution in [0.2, 0.25) is 0 Å². The number of pyridine rings is 1. The van der Waals surface area contributed by atoms with E-state index in [9.17, 15) is 9.59 Å². The Bertz CT molecular complexity index is 874. The number of ether oxygens (including phenoxy) is 1. The van der Waals surface area contributed by atoms with E-state index in [0.29, 0.717) is 16.7 Å². The van der Waals surface area contributed by atoms with Gasteiger partial charge in [-0.1, -0.05) is 18.2 Å². The van der Waals surface area contributed by atoms with Crippen molar-refractivity contribution in [3.63, 3.8) is 0 Å². The van der Waals surface area contributed by atoms with Gasteiger partial charge in [-0.2, -0.15) is 0 Å². The van der Waals surface area contributed by atoms with E-state index in [4.69, 9.17) is 4.74 Å². The van der Waals surface area contributed by atoms with Gasteiger partial charge in [-0.05, 0) is 31.2 Å². The van der Waals surface area contributed by atoms with Gasteiger partial charge in [0.15, 0.2) is 11.9 Å². The van der Waals surface area contributed by atoms with Gasteiger partial charge in [0.05, 0.1) is 10.9 Å². The summed E-state index contributed by atoms with van der Waals surface area (Å²) in [5, 5.41) is 0.495. The Balaban J connectivity index is 1.88. The Kier molecular flexibility index (Phi) is 3.65. The van der Waals surface area contributed by atoms with Crippen molar-refractivity contribution in [2.45, 2.75) is 13.0 Å². The number of benzene rings is 1. The third-order valence-corrected chi connectivity index (χ3v) is 3.17. The molecular formula is C16H13N3O3. The lowest BCUT2D eigenvalue weighted by Gasteiger charge is -2.12. The normalized spacial score (nSPS) is 12.0. The van der Waals surface area contributed by atoms with Gasteiger partial charge < -0.3 is 9.72 Å². The maximum atomic E-state index is 12.0. The molecule has 0 saturated carbocycles. The first kappa shape index (κ1) is 13.9. The van der Waals surface area contributed by atoms with Crippen molar-refractivity contribution in [3.05, 3.63) is 70.5 Å². The van der Waals surface area contributed by atoms with Gasteiger partial charge in [-0.3, -0.25) is 4.79 Å². The van der Waals surface area contributed by atoms with Gasteiger partial charge >= 0.3 is 5.97 Å². The summed E-state index contributed by atoms with van der Waals surface area (Å²) >= 11 is 0. The molecular weight excluding hydrogens is 282 g/mol. The number of nitrogens with zero attached hydrogens (tertiary/aromatic N) is 2. The van der Waals surface area contributed by atoms with Crippen LogP contribution in [0.1, 0.15) is 29.3 Å². The second-order valence-corrected chi connectivity index (χ2v) is 4.73. The highest BCUT2D eigenvalue weighted by molar-refractivity contribution is 5.87. The SMILES string of the molecule is C[C@@H](OC(=O)c1ccccn1)c1nc2ccccc2c(=O)[nH]1. The van der Waals surface area contributed by atoms with Gasteiger partial charge in [-0.25, -0.2) is 14.8 Å². The van der Waals surface area contributed by atoms with E-state index in [1.165, 1.54) is 6.20 Å². The molecule has 0 aliphatic carbocycles. The fourth-order valence-electron chi connectivity index (χ4n) is 2.06. The Labute approximate surface area is 125 Å². The molecule has 0 aliphatic rings. The molecule has 0 spiro atoms. The molecule has 1 aromatic carbocycles. The first-order valence-corrected chi connectivity index (χ1v) is 6.76. The number of carbonyl (C=O) groups excluding carboxylic acids is 1. The van der Waals surface area contributed by atoms with E-state index in [2.05, 4.69) is 15.0 Å². The van der Waals surface area contributed by atoms with Crippen LogP contribution in [0.25, 0.3) is 10.9 Å². The van der Waals surface area contributed by atoms with Crippen molar-refractivity contribution >= 4 is 16.9 Å². The molecule has 0 aliphatic heterocycles. The summed E-state index contributed by atoms with van der Waals surface area (Å²) in [6.07, 6.45) is 0.823. The van der Waals surface area contributed by atoms with Crippen LogP contribution >= 0.6 is 0 Å². The molecule has 2 heterocycles. The second kappa shape index (κ2) is 5.77. The number of carbonyl (C=O) groups is 1. The van der Waals surface area contributed by atoms with Gasteiger partial charge in [0.2, 0.25) is 0 Å². The number of fused-ring (bicyclic) bond motifs is 1. The van der Waals surface area contributed by atoms with E-state index in [1.807, 2.05) is 0 Å². The van der Waals surface area contributed by atoms with Crippen molar-refractivity contribution in [1.82, 2.24) is 15.0 Å². The van der Waals surface area contributed by atoms with Crippen LogP contribution in [0.4, 0.5) is 0 Å². The van der Waals surface area contributed by atoms with Crippen LogP contribution in [-0.2, 0) is 4.74 Å². The Morgan fingerprint density at radius 2 is 1.95 bits per heavy atom. The average molecular weight is 295 g/mol. The summed E-state index contributed by atoms with van der Waals surface area (Å²) in [6, 6.07) is 12.0. The quantitative estimate of drug-likeness (QED) is 0.749. The van der Waals surface area contributed by atoms with Gasteiger partial charge in [0, 0.05) is 6.20 Å². The Hall–Kier alpha value is -3.02. The van der Waals surface area contributed by atoms with E-state index in [1.54, 1.807) is 49.4 Å².